The number of methoxy groups -OCH3 is 2. The molecule has 0 radical (unpaired) electrons. The summed E-state index contributed by atoms with van der Waals surface area (Å²) in [6, 6.07) is 17.6. The third-order valence-corrected chi connectivity index (χ3v) is 5.89. The van der Waals surface area contributed by atoms with Crippen LogP contribution in [-0.4, -0.2) is 67.7 Å². The van der Waals surface area contributed by atoms with Crippen LogP contribution in [0.15, 0.2) is 42.5 Å². The summed E-state index contributed by atoms with van der Waals surface area (Å²) < 4.78 is 15.1. The van der Waals surface area contributed by atoms with Crippen LogP contribution in [0.3, 0.4) is 0 Å². The SMILES string of the molecule is CC#N.COC(=O)[C-]=C(C(=O)OC)c1[c-]cccc1.Cc1cc(C)n([BH-](n2nc(C)cc2C)n2nc(C)cc2C)n1.ClCCl.[Ir+3]. The first-order valence-electron chi connectivity index (χ1n) is 13.3. The maximum absolute atomic E-state index is 11.4. The quantitative estimate of drug-likeness (QED) is 0.0896. The van der Waals surface area contributed by atoms with Crippen LogP contribution in [0, 0.1) is 65.0 Å². The van der Waals surface area contributed by atoms with Gasteiger partial charge in [-0.2, -0.15) is 23.0 Å². The van der Waals surface area contributed by atoms with Crippen molar-refractivity contribution in [1.82, 2.24) is 29.1 Å². The van der Waals surface area contributed by atoms with Gasteiger partial charge in [0, 0.05) is 6.92 Å². The molecule has 3 heterocycles. The van der Waals surface area contributed by atoms with Crippen molar-refractivity contribution in [2.24, 2.45) is 0 Å². The molecule has 0 spiro atoms. The van der Waals surface area contributed by atoms with Gasteiger partial charge in [-0.3, -0.25) is 4.79 Å². The zero-order valence-electron chi connectivity index (χ0n) is 26.8. The Bertz CT molecular complexity index is 1470. The third-order valence-electron chi connectivity index (χ3n) is 5.89. The Morgan fingerprint density at radius 2 is 1.29 bits per heavy atom. The van der Waals surface area contributed by atoms with E-state index in [2.05, 4.69) is 74.4 Å². The van der Waals surface area contributed by atoms with Crippen LogP contribution < -0.4 is 0 Å². The molecule has 0 atom stereocenters. The summed E-state index contributed by atoms with van der Waals surface area (Å²) in [5.41, 5.74) is 6.83. The number of alkyl halides is 2. The van der Waals surface area contributed by atoms with Gasteiger partial charge < -0.3 is 28.0 Å². The van der Waals surface area contributed by atoms with E-state index in [-0.39, 0.29) is 31.0 Å². The molecule has 242 valence electrons. The first-order chi connectivity index (χ1) is 20.9. The van der Waals surface area contributed by atoms with Crippen molar-refractivity contribution in [2.45, 2.75) is 48.5 Å². The number of hydrogen-bond donors (Lipinski definition) is 0. The van der Waals surface area contributed by atoms with Gasteiger partial charge in [0.25, 0.3) is 5.97 Å². The molecular weight excluding hydrogens is 796 g/mol. The predicted molar refractivity (Wildman–Crippen MR) is 172 cm³/mol. The largest absolute Gasteiger partial charge is 3.00 e. The number of nitrogens with zero attached hydrogens (tertiary/aromatic N) is 7. The summed E-state index contributed by atoms with van der Waals surface area (Å²) in [6.07, 6.45) is 2.28. The molecule has 3 aromatic heterocycles. The van der Waals surface area contributed by atoms with E-state index in [9.17, 15) is 9.59 Å². The van der Waals surface area contributed by atoms with Crippen LogP contribution >= 0.6 is 23.2 Å². The second-order valence-electron chi connectivity index (χ2n) is 9.29. The van der Waals surface area contributed by atoms with E-state index in [1.54, 1.807) is 30.3 Å². The van der Waals surface area contributed by atoms with Gasteiger partial charge in [0.05, 0.1) is 42.7 Å². The molecule has 4 aromatic rings. The normalized spacial score (nSPS) is 10.1. The van der Waals surface area contributed by atoms with Crippen LogP contribution in [0.2, 0.25) is 0 Å². The molecule has 0 amide bonds. The van der Waals surface area contributed by atoms with Crippen molar-refractivity contribution in [3.05, 3.63) is 94.3 Å². The number of carbonyl (C=O) groups is 2. The molecule has 0 saturated carbocycles. The van der Waals surface area contributed by atoms with Gasteiger partial charge in [0.2, 0.25) is 0 Å². The minimum Gasteiger partial charge on any atom is -0.529 e. The topological polar surface area (TPSA) is 130 Å². The van der Waals surface area contributed by atoms with E-state index in [1.165, 1.54) is 21.1 Å². The predicted octanol–water partition coefficient (Wildman–Crippen LogP) is 4.76. The van der Waals surface area contributed by atoms with Crippen molar-refractivity contribution in [1.29, 1.82) is 5.26 Å². The number of aromatic nitrogens is 6. The van der Waals surface area contributed by atoms with Crippen LogP contribution in [0.1, 0.15) is 46.7 Å². The Labute approximate surface area is 288 Å². The molecule has 45 heavy (non-hydrogen) atoms. The maximum atomic E-state index is 11.4. The van der Waals surface area contributed by atoms with E-state index in [0.717, 1.165) is 34.2 Å². The molecule has 0 N–H and O–H groups in total. The van der Waals surface area contributed by atoms with Crippen LogP contribution in [0.25, 0.3) is 5.57 Å². The number of benzene rings is 1. The molecule has 0 aliphatic rings. The Hall–Kier alpha value is -3.69. The summed E-state index contributed by atoms with van der Waals surface area (Å²) >= 11 is 9.53. The molecule has 0 fully saturated rings. The standard InChI is InChI=1S/C15H22BN6.C12H10O4.C2H3N.CH2Cl2.Ir/c1-10-7-13(4)20(17-10)16(21-14(5)8-11(2)18-21)22-15(6)9-12(3)19-22;1-15-11(13)8-10(12(14)16-2)9-6-4-3-5-7-9;1-2-3;2-1-3;/h7-9,16H,1-6H3;3-6H,1-2H3;1H3;1H2;/q-1;-2;;;+3. The van der Waals surface area contributed by atoms with E-state index in [4.69, 9.17) is 43.8 Å². The second-order valence-corrected chi connectivity index (χ2v) is 10.1. The molecule has 4 rings (SSSR count). The van der Waals surface area contributed by atoms with E-state index >= 15 is 0 Å². The average molecular weight is 834 g/mol. The first-order valence-corrected chi connectivity index (χ1v) is 14.4. The third kappa shape index (κ3) is 12.7. The number of nitriles is 1. The molecule has 0 bridgehead atoms. The summed E-state index contributed by atoms with van der Waals surface area (Å²) in [5, 5.41) is 21.6. The average Bonchev–Trinajstić information content (AvgIpc) is 3.62. The molecule has 0 saturated heterocycles. The number of esters is 2. The van der Waals surface area contributed by atoms with Gasteiger partial charge in [-0.15, -0.1) is 35.3 Å². The summed E-state index contributed by atoms with van der Waals surface area (Å²) in [4.78, 5) is 22.5. The van der Waals surface area contributed by atoms with Gasteiger partial charge in [0.15, 0.2) is 5.97 Å². The van der Waals surface area contributed by atoms with Gasteiger partial charge in [-0.25, -0.2) is 33.0 Å². The minimum atomic E-state index is -1.26. The van der Waals surface area contributed by atoms with Crippen molar-refractivity contribution in [3.8, 4) is 6.07 Å². The van der Waals surface area contributed by atoms with Crippen molar-refractivity contribution in [2.75, 3.05) is 19.6 Å². The number of aryl methyl sites for hydroxylation is 6. The van der Waals surface area contributed by atoms with Crippen molar-refractivity contribution >= 4 is 47.8 Å². The fourth-order valence-corrected chi connectivity index (χ4v) is 4.30. The van der Waals surface area contributed by atoms with Crippen LogP contribution in [0.5, 0.6) is 0 Å². The Kier molecular flexibility index (Phi) is 19.4. The fraction of sp³-hybridized carbons (Fsp3) is 0.333. The zero-order valence-corrected chi connectivity index (χ0v) is 30.7. The van der Waals surface area contributed by atoms with E-state index < -0.39 is 19.1 Å². The Morgan fingerprint density at radius 1 is 0.889 bits per heavy atom. The minimum absolute atomic E-state index is 0. The van der Waals surface area contributed by atoms with Gasteiger partial charge in [-0.1, -0.05) is 0 Å². The monoisotopic (exact) mass is 833 g/mol. The van der Waals surface area contributed by atoms with Crippen molar-refractivity contribution < 1.29 is 39.2 Å². The Morgan fingerprint density at radius 3 is 1.56 bits per heavy atom. The molecule has 1 aromatic carbocycles. The number of ether oxygens (including phenoxy) is 2. The molecular formula is C30H37BCl2IrN7O4. The Balaban J connectivity index is 0.000000744. The smallest absolute Gasteiger partial charge is 0.529 e. The van der Waals surface area contributed by atoms with E-state index in [0.29, 0.717) is 5.56 Å². The maximum Gasteiger partial charge on any atom is 3.00 e. The number of halogens is 2. The van der Waals surface area contributed by atoms with E-state index in [1.807, 2.05) is 20.8 Å². The number of rotatable bonds is 6. The summed E-state index contributed by atoms with van der Waals surface area (Å²) in [7, 11) is 1.17. The van der Waals surface area contributed by atoms with Gasteiger partial charge in [0.1, 0.15) is 0 Å². The van der Waals surface area contributed by atoms with Gasteiger partial charge >= 0.3 is 27.2 Å². The second kappa shape index (κ2) is 21.1. The zero-order chi connectivity index (χ0) is 33.4. The summed E-state index contributed by atoms with van der Waals surface area (Å²) in [5.74, 6) is -1.40. The van der Waals surface area contributed by atoms with Crippen LogP contribution in [-0.2, 0) is 39.2 Å². The number of carbonyl (C=O) groups excluding carboxylic acids is 2. The molecule has 15 heteroatoms. The number of hydrogen-bond acceptors (Lipinski definition) is 8. The first kappa shape index (κ1) is 41.3. The van der Waals surface area contributed by atoms with Crippen LogP contribution in [0.4, 0.5) is 0 Å². The van der Waals surface area contributed by atoms with Gasteiger partial charge in [-0.05, 0) is 76.8 Å². The molecule has 0 aliphatic carbocycles. The fourth-order valence-electron chi connectivity index (χ4n) is 4.30. The summed E-state index contributed by atoms with van der Waals surface area (Å²) in [6.45, 7) is 13.7. The molecule has 0 unspecified atom stereocenters. The molecule has 0 aliphatic heterocycles. The molecule has 11 nitrogen and oxygen atoms in total. The van der Waals surface area contributed by atoms with Crippen molar-refractivity contribution in [3.63, 3.8) is 0 Å².